The van der Waals surface area contributed by atoms with Gasteiger partial charge in [-0.2, -0.15) is 5.26 Å². The molecule has 0 radical (unpaired) electrons. The molecule has 1 amide bonds. The number of hydrogen-bond donors (Lipinski definition) is 2. The van der Waals surface area contributed by atoms with E-state index in [2.05, 4.69) is 15.3 Å². The maximum Gasteiger partial charge on any atom is 0.253 e. The maximum atomic E-state index is 12.2. The Hall–Kier alpha value is -2.98. The summed E-state index contributed by atoms with van der Waals surface area (Å²) in [5.74, 6) is -0.136. The van der Waals surface area contributed by atoms with Gasteiger partial charge in [0.25, 0.3) is 11.8 Å². The number of nitriles is 1. The van der Waals surface area contributed by atoms with Crippen LogP contribution in [0.2, 0.25) is 0 Å². The Kier molecular flexibility index (Phi) is 5.77. The molecule has 1 saturated carbocycles. The van der Waals surface area contributed by atoms with Crippen LogP contribution in [0.3, 0.4) is 0 Å². The fourth-order valence-electron chi connectivity index (χ4n) is 3.04. The number of carbonyl (C=O) groups is 1. The van der Waals surface area contributed by atoms with Crippen molar-refractivity contribution in [2.75, 3.05) is 0 Å². The molecule has 2 N–H and O–H groups in total. The van der Waals surface area contributed by atoms with Crippen molar-refractivity contribution in [3.63, 3.8) is 0 Å². The fourth-order valence-corrected chi connectivity index (χ4v) is 3.04. The number of hydrogen-bond acceptors (Lipinski definition) is 6. The molecule has 134 valence electrons. The van der Waals surface area contributed by atoms with E-state index in [9.17, 15) is 9.90 Å². The van der Waals surface area contributed by atoms with Gasteiger partial charge in [-0.3, -0.25) is 4.79 Å². The standard InChI is InChI=1S/C19H20N4O3/c20-12-16-19(22-11-10-21-16)26-15-8-6-14(7-9-15)23-18(25)17(24)13-4-2-1-3-5-13/h1-5,10-11,14-15,17,24H,6-9H2,(H,23,25)/t14?,15?,17-/m1/s1. The third-order valence-corrected chi connectivity index (χ3v) is 4.43. The van der Waals surface area contributed by atoms with E-state index in [-0.39, 0.29) is 29.6 Å². The van der Waals surface area contributed by atoms with Crippen LogP contribution in [0.4, 0.5) is 0 Å². The first-order valence-electron chi connectivity index (χ1n) is 8.58. The Morgan fingerprint density at radius 1 is 1.19 bits per heavy atom. The van der Waals surface area contributed by atoms with E-state index in [0.29, 0.717) is 5.56 Å². The SMILES string of the molecule is N#Cc1nccnc1OC1CCC(NC(=O)[C@H](O)c2ccccc2)CC1. The number of nitrogens with one attached hydrogen (secondary N) is 1. The summed E-state index contributed by atoms with van der Waals surface area (Å²) in [5, 5.41) is 22.1. The van der Waals surface area contributed by atoms with Gasteiger partial charge in [-0.25, -0.2) is 9.97 Å². The van der Waals surface area contributed by atoms with E-state index in [0.717, 1.165) is 25.7 Å². The van der Waals surface area contributed by atoms with Crippen LogP contribution in [0.5, 0.6) is 5.88 Å². The molecule has 1 aromatic carbocycles. The van der Waals surface area contributed by atoms with Crippen molar-refractivity contribution in [2.45, 2.75) is 43.9 Å². The maximum absolute atomic E-state index is 12.2. The Balaban J connectivity index is 1.49. The van der Waals surface area contributed by atoms with Crippen molar-refractivity contribution < 1.29 is 14.6 Å². The zero-order chi connectivity index (χ0) is 18.4. The zero-order valence-electron chi connectivity index (χ0n) is 14.2. The Bertz CT molecular complexity index is 783. The van der Waals surface area contributed by atoms with Crippen LogP contribution in [0.15, 0.2) is 42.7 Å². The van der Waals surface area contributed by atoms with E-state index in [1.54, 1.807) is 24.3 Å². The molecule has 0 bridgehead atoms. The smallest absolute Gasteiger partial charge is 0.253 e. The van der Waals surface area contributed by atoms with Crippen LogP contribution in [-0.4, -0.2) is 33.1 Å². The average molecular weight is 352 g/mol. The highest BCUT2D eigenvalue weighted by Gasteiger charge is 2.27. The molecular formula is C19H20N4O3. The van der Waals surface area contributed by atoms with Crippen LogP contribution in [0, 0.1) is 11.3 Å². The molecule has 1 aromatic heterocycles. The van der Waals surface area contributed by atoms with E-state index < -0.39 is 6.10 Å². The topological polar surface area (TPSA) is 108 Å². The second-order valence-corrected chi connectivity index (χ2v) is 6.24. The second kappa shape index (κ2) is 8.41. The van der Waals surface area contributed by atoms with Gasteiger partial charge >= 0.3 is 0 Å². The molecule has 0 saturated heterocycles. The second-order valence-electron chi connectivity index (χ2n) is 6.24. The van der Waals surface area contributed by atoms with Crippen LogP contribution in [0.1, 0.15) is 43.0 Å². The first-order valence-corrected chi connectivity index (χ1v) is 8.58. The molecule has 3 rings (SSSR count). The number of ether oxygens (including phenoxy) is 1. The number of rotatable bonds is 5. The molecule has 1 aliphatic carbocycles. The molecule has 26 heavy (non-hydrogen) atoms. The lowest BCUT2D eigenvalue weighted by atomic mass is 9.92. The largest absolute Gasteiger partial charge is 0.472 e. The highest BCUT2D eigenvalue weighted by atomic mass is 16.5. The van der Waals surface area contributed by atoms with Crippen molar-refractivity contribution >= 4 is 5.91 Å². The number of aliphatic hydroxyl groups excluding tert-OH is 1. The minimum atomic E-state index is -1.16. The van der Waals surface area contributed by atoms with Gasteiger partial charge in [-0.15, -0.1) is 0 Å². The molecule has 0 aliphatic heterocycles. The third kappa shape index (κ3) is 4.35. The van der Waals surface area contributed by atoms with Gasteiger partial charge in [0, 0.05) is 18.4 Å². The summed E-state index contributed by atoms with van der Waals surface area (Å²) >= 11 is 0. The van der Waals surface area contributed by atoms with Gasteiger partial charge in [0.15, 0.2) is 6.10 Å². The molecule has 1 aliphatic rings. The van der Waals surface area contributed by atoms with E-state index >= 15 is 0 Å². The number of nitrogens with zero attached hydrogens (tertiary/aromatic N) is 3. The number of aromatic nitrogens is 2. The first kappa shape index (κ1) is 17.8. The van der Waals surface area contributed by atoms with Gasteiger partial charge in [-0.1, -0.05) is 30.3 Å². The summed E-state index contributed by atoms with van der Waals surface area (Å²) in [6.45, 7) is 0. The highest BCUT2D eigenvalue weighted by molar-refractivity contribution is 5.82. The molecular weight excluding hydrogens is 332 g/mol. The van der Waals surface area contributed by atoms with Crippen molar-refractivity contribution in [1.82, 2.24) is 15.3 Å². The first-order chi connectivity index (χ1) is 12.7. The summed E-state index contributed by atoms with van der Waals surface area (Å²) in [6, 6.07) is 10.8. The summed E-state index contributed by atoms with van der Waals surface area (Å²) in [7, 11) is 0. The minimum absolute atomic E-state index is 0.00185. The van der Waals surface area contributed by atoms with Crippen LogP contribution >= 0.6 is 0 Å². The van der Waals surface area contributed by atoms with Crippen LogP contribution in [0.25, 0.3) is 0 Å². The Morgan fingerprint density at radius 2 is 1.88 bits per heavy atom. The highest BCUT2D eigenvalue weighted by Crippen LogP contribution is 2.24. The van der Waals surface area contributed by atoms with E-state index in [4.69, 9.17) is 10.00 Å². The van der Waals surface area contributed by atoms with Crippen molar-refractivity contribution in [3.8, 4) is 11.9 Å². The summed E-state index contributed by atoms with van der Waals surface area (Å²) in [6.07, 6.45) is 4.65. The lowest BCUT2D eigenvalue weighted by Crippen LogP contribution is -2.41. The molecule has 1 heterocycles. The lowest BCUT2D eigenvalue weighted by molar-refractivity contribution is -0.130. The van der Waals surface area contributed by atoms with E-state index in [1.807, 2.05) is 12.1 Å². The number of benzene rings is 1. The molecule has 0 spiro atoms. The van der Waals surface area contributed by atoms with Gasteiger partial charge < -0.3 is 15.2 Å². The molecule has 2 aromatic rings. The average Bonchev–Trinajstić information content (AvgIpc) is 2.70. The van der Waals surface area contributed by atoms with Crippen LogP contribution in [-0.2, 0) is 4.79 Å². The fraction of sp³-hybridized carbons (Fsp3) is 0.368. The zero-order valence-corrected chi connectivity index (χ0v) is 14.2. The molecule has 0 unspecified atom stereocenters. The predicted molar refractivity (Wildman–Crippen MR) is 93.0 cm³/mol. The van der Waals surface area contributed by atoms with Gasteiger partial charge in [-0.05, 0) is 31.2 Å². The van der Waals surface area contributed by atoms with Crippen molar-refractivity contribution in [1.29, 1.82) is 5.26 Å². The Labute approximate surface area is 151 Å². The lowest BCUT2D eigenvalue weighted by Gasteiger charge is -2.29. The van der Waals surface area contributed by atoms with Crippen molar-refractivity contribution in [3.05, 3.63) is 54.0 Å². The Morgan fingerprint density at radius 3 is 2.58 bits per heavy atom. The van der Waals surface area contributed by atoms with Gasteiger partial charge in [0.2, 0.25) is 5.69 Å². The third-order valence-electron chi connectivity index (χ3n) is 4.43. The van der Waals surface area contributed by atoms with Gasteiger partial charge in [0.1, 0.15) is 12.2 Å². The monoisotopic (exact) mass is 352 g/mol. The molecule has 7 nitrogen and oxygen atoms in total. The van der Waals surface area contributed by atoms with Crippen molar-refractivity contribution in [2.24, 2.45) is 0 Å². The summed E-state index contributed by atoms with van der Waals surface area (Å²) in [4.78, 5) is 20.2. The molecule has 1 fully saturated rings. The quantitative estimate of drug-likeness (QED) is 0.851. The van der Waals surface area contributed by atoms with E-state index in [1.165, 1.54) is 12.4 Å². The normalized spacial score (nSPS) is 20.6. The minimum Gasteiger partial charge on any atom is -0.472 e. The van der Waals surface area contributed by atoms with Gasteiger partial charge in [0.05, 0.1) is 0 Å². The number of amides is 1. The molecule has 1 atom stereocenters. The molecule has 7 heteroatoms. The number of carbonyl (C=O) groups excluding carboxylic acids is 1. The predicted octanol–water partition coefficient (Wildman–Crippen LogP) is 1.89. The summed E-state index contributed by atoms with van der Waals surface area (Å²) < 4.78 is 5.79. The number of aliphatic hydroxyl groups is 1. The van der Waals surface area contributed by atoms with Crippen LogP contribution < -0.4 is 10.1 Å². The summed E-state index contributed by atoms with van der Waals surface area (Å²) in [5.41, 5.74) is 0.752.